The van der Waals surface area contributed by atoms with Gasteiger partial charge in [-0.05, 0) is 81.1 Å². The maximum absolute atomic E-state index is 14.7. The zero-order valence-electron chi connectivity index (χ0n) is 27.0. The standard InChI is InChI=1S/C37H42ClN3O4S/c1-6-30-16-10-11-18-33(30)41(46(44,45)32-21-19-27(2)20-22-32)26-35(42)40(25-29-15-12-17-31(38)23-29)34(36(43)39-37(3,4)5)24-28-13-8-7-9-14-28/h7-23,34H,6,24-26H2,1-5H3,(H,39,43). The Hall–Kier alpha value is -4.14. The van der Waals surface area contributed by atoms with Crippen LogP contribution in [-0.2, 0) is 39.0 Å². The molecule has 0 saturated carbocycles. The highest BCUT2D eigenvalue weighted by molar-refractivity contribution is 7.92. The van der Waals surface area contributed by atoms with Crippen LogP contribution in [0.1, 0.15) is 49.9 Å². The number of para-hydroxylation sites is 1. The van der Waals surface area contributed by atoms with Gasteiger partial charge in [-0.3, -0.25) is 13.9 Å². The number of carbonyl (C=O) groups excluding carboxylic acids is 2. The van der Waals surface area contributed by atoms with Crippen molar-refractivity contribution < 1.29 is 18.0 Å². The van der Waals surface area contributed by atoms with Gasteiger partial charge in [-0.1, -0.05) is 96.9 Å². The molecule has 0 aliphatic carbocycles. The second-order valence-corrected chi connectivity index (χ2v) is 14.7. The minimum absolute atomic E-state index is 0.0439. The molecule has 0 radical (unpaired) electrons. The molecule has 9 heteroatoms. The monoisotopic (exact) mass is 659 g/mol. The van der Waals surface area contributed by atoms with Crippen LogP contribution in [0.5, 0.6) is 0 Å². The van der Waals surface area contributed by atoms with Crippen LogP contribution in [0, 0.1) is 6.92 Å². The topological polar surface area (TPSA) is 86.8 Å². The molecule has 0 aliphatic heterocycles. The number of amides is 2. The number of benzene rings is 4. The van der Waals surface area contributed by atoms with Crippen molar-refractivity contribution in [2.45, 2.75) is 70.5 Å². The third-order valence-electron chi connectivity index (χ3n) is 7.54. The Morgan fingerprint density at radius 3 is 2.11 bits per heavy atom. The second kappa shape index (κ2) is 15.0. The van der Waals surface area contributed by atoms with Crippen molar-refractivity contribution in [3.05, 3.63) is 130 Å². The number of nitrogens with one attached hydrogen (secondary N) is 1. The molecule has 2 amide bonds. The third kappa shape index (κ3) is 8.98. The van der Waals surface area contributed by atoms with Gasteiger partial charge in [0, 0.05) is 23.5 Å². The largest absolute Gasteiger partial charge is 0.350 e. The predicted octanol–water partition coefficient (Wildman–Crippen LogP) is 6.96. The number of carbonyl (C=O) groups is 2. The quantitative estimate of drug-likeness (QED) is 0.178. The lowest BCUT2D eigenvalue weighted by atomic mass is 10.0. The van der Waals surface area contributed by atoms with E-state index in [2.05, 4.69) is 5.32 Å². The molecule has 4 aromatic carbocycles. The minimum Gasteiger partial charge on any atom is -0.350 e. The van der Waals surface area contributed by atoms with Crippen LogP contribution >= 0.6 is 11.6 Å². The van der Waals surface area contributed by atoms with Crippen molar-refractivity contribution in [1.29, 1.82) is 0 Å². The Bertz CT molecular complexity index is 1750. The molecule has 0 bridgehead atoms. The molecule has 1 atom stereocenters. The zero-order chi connectivity index (χ0) is 33.5. The van der Waals surface area contributed by atoms with E-state index in [1.54, 1.807) is 54.6 Å². The van der Waals surface area contributed by atoms with Gasteiger partial charge in [-0.2, -0.15) is 0 Å². The van der Waals surface area contributed by atoms with Crippen LogP contribution in [0.4, 0.5) is 5.69 Å². The Morgan fingerprint density at radius 2 is 1.48 bits per heavy atom. The summed E-state index contributed by atoms with van der Waals surface area (Å²) in [6.07, 6.45) is 0.784. The van der Waals surface area contributed by atoms with E-state index in [-0.39, 0.29) is 23.8 Å². The number of aryl methyl sites for hydroxylation is 2. The van der Waals surface area contributed by atoms with E-state index in [1.165, 1.54) is 9.21 Å². The molecule has 0 heterocycles. The van der Waals surface area contributed by atoms with Crippen molar-refractivity contribution in [1.82, 2.24) is 10.2 Å². The van der Waals surface area contributed by atoms with E-state index in [0.717, 1.165) is 16.7 Å². The summed E-state index contributed by atoms with van der Waals surface area (Å²) in [6.45, 7) is 8.99. The van der Waals surface area contributed by atoms with Gasteiger partial charge in [0.15, 0.2) is 0 Å². The van der Waals surface area contributed by atoms with Crippen molar-refractivity contribution in [3.63, 3.8) is 0 Å². The first-order chi connectivity index (χ1) is 21.8. The number of rotatable bonds is 12. The van der Waals surface area contributed by atoms with Crippen molar-refractivity contribution in [3.8, 4) is 0 Å². The average molecular weight is 660 g/mol. The van der Waals surface area contributed by atoms with Gasteiger partial charge in [-0.25, -0.2) is 8.42 Å². The summed E-state index contributed by atoms with van der Waals surface area (Å²) in [5, 5.41) is 3.54. The third-order valence-corrected chi connectivity index (χ3v) is 9.55. The van der Waals surface area contributed by atoms with E-state index in [4.69, 9.17) is 11.6 Å². The number of sulfonamides is 1. The molecule has 242 valence electrons. The second-order valence-electron chi connectivity index (χ2n) is 12.4. The first-order valence-electron chi connectivity index (χ1n) is 15.4. The molecule has 4 rings (SSSR count). The number of halogens is 1. The Kier molecular flexibility index (Phi) is 11.3. The first-order valence-corrected chi connectivity index (χ1v) is 17.2. The van der Waals surface area contributed by atoms with Crippen LogP contribution in [0.15, 0.2) is 108 Å². The molecule has 46 heavy (non-hydrogen) atoms. The highest BCUT2D eigenvalue weighted by Gasteiger charge is 2.36. The summed E-state index contributed by atoms with van der Waals surface area (Å²) in [7, 11) is -4.18. The molecule has 0 aliphatic rings. The number of nitrogens with zero attached hydrogens (tertiary/aromatic N) is 2. The van der Waals surface area contributed by atoms with Crippen molar-refractivity contribution >= 4 is 39.1 Å². The van der Waals surface area contributed by atoms with E-state index < -0.39 is 34.1 Å². The SMILES string of the molecule is CCc1ccccc1N(CC(=O)N(Cc1cccc(Cl)c1)C(Cc1ccccc1)C(=O)NC(C)(C)C)S(=O)(=O)c1ccc(C)cc1. The smallest absolute Gasteiger partial charge is 0.264 e. The maximum Gasteiger partial charge on any atom is 0.264 e. The molecule has 4 aromatic rings. The molecular formula is C37H42ClN3O4S. The summed E-state index contributed by atoms with van der Waals surface area (Å²) in [6, 6.07) is 29.4. The maximum atomic E-state index is 14.7. The number of hydrogen-bond donors (Lipinski definition) is 1. The van der Waals surface area contributed by atoms with Crippen LogP contribution in [0.2, 0.25) is 5.02 Å². The fraction of sp³-hybridized carbons (Fsp3) is 0.297. The molecule has 0 saturated heterocycles. The van der Waals surface area contributed by atoms with Crippen molar-refractivity contribution in [2.24, 2.45) is 0 Å². The highest BCUT2D eigenvalue weighted by Crippen LogP contribution is 2.29. The summed E-state index contributed by atoms with van der Waals surface area (Å²) in [5.74, 6) is -0.861. The van der Waals surface area contributed by atoms with E-state index in [0.29, 0.717) is 22.7 Å². The number of hydrogen-bond acceptors (Lipinski definition) is 4. The van der Waals surface area contributed by atoms with Crippen LogP contribution in [-0.4, -0.2) is 43.3 Å². The van der Waals surface area contributed by atoms with Crippen LogP contribution in [0.3, 0.4) is 0 Å². The molecule has 0 fully saturated rings. The van der Waals surface area contributed by atoms with Gasteiger partial charge >= 0.3 is 0 Å². The first kappa shape index (κ1) is 34.7. The lowest BCUT2D eigenvalue weighted by Gasteiger charge is -2.35. The molecule has 7 nitrogen and oxygen atoms in total. The highest BCUT2D eigenvalue weighted by atomic mass is 35.5. The Balaban J connectivity index is 1.85. The summed E-state index contributed by atoms with van der Waals surface area (Å²) in [5.41, 5.74) is 3.11. The molecule has 0 spiro atoms. The zero-order valence-corrected chi connectivity index (χ0v) is 28.6. The van der Waals surface area contributed by atoms with E-state index in [9.17, 15) is 18.0 Å². The van der Waals surface area contributed by atoms with Gasteiger partial charge in [0.25, 0.3) is 10.0 Å². The van der Waals surface area contributed by atoms with E-state index >= 15 is 0 Å². The summed E-state index contributed by atoms with van der Waals surface area (Å²) >= 11 is 6.33. The number of anilines is 1. The van der Waals surface area contributed by atoms with Gasteiger partial charge in [0.1, 0.15) is 12.6 Å². The normalized spacial score (nSPS) is 12.3. The summed E-state index contributed by atoms with van der Waals surface area (Å²) < 4.78 is 29.8. The summed E-state index contributed by atoms with van der Waals surface area (Å²) in [4.78, 5) is 30.2. The fourth-order valence-electron chi connectivity index (χ4n) is 5.24. The lowest BCUT2D eigenvalue weighted by Crippen LogP contribution is -2.56. The van der Waals surface area contributed by atoms with Crippen LogP contribution < -0.4 is 9.62 Å². The van der Waals surface area contributed by atoms with Crippen molar-refractivity contribution in [2.75, 3.05) is 10.8 Å². The molecular weight excluding hydrogens is 618 g/mol. The van der Waals surface area contributed by atoms with Gasteiger partial charge in [-0.15, -0.1) is 0 Å². The van der Waals surface area contributed by atoms with E-state index in [1.807, 2.05) is 83.1 Å². The van der Waals surface area contributed by atoms with Gasteiger partial charge in [0.2, 0.25) is 11.8 Å². The van der Waals surface area contributed by atoms with Crippen LogP contribution in [0.25, 0.3) is 0 Å². The fourth-order valence-corrected chi connectivity index (χ4v) is 6.91. The average Bonchev–Trinajstić information content (AvgIpc) is 3.01. The van der Waals surface area contributed by atoms with Gasteiger partial charge < -0.3 is 10.2 Å². The molecule has 0 aromatic heterocycles. The Labute approximate surface area is 278 Å². The lowest BCUT2D eigenvalue weighted by molar-refractivity contribution is -0.140. The predicted molar refractivity (Wildman–Crippen MR) is 185 cm³/mol. The molecule has 1 N–H and O–H groups in total. The van der Waals surface area contributed by atoms with Gasteiger partial charge in [0.05, 0.1) is 10.6 Å². The minimum atomic E-state index is -4.18. The Morgan fingerprint density at radius 1 is 0.848 bits per heavy atom. The molecule has 1 unspecified atom stereocenters.